The van der Waals surface area contributed by atoms with E-state index in [0.29, 0.717) is 12.8 Å². The van der Waals surface area contributed by atoms with Gasteiger partial charge in [0.2, 0.25) is 0 Å². The van der Waals surface area contributed by atoms with Gasteiger partial charge >= 0.3 is 0 Å². The van der Waals surface area contributed by atoms with Crippen LogP contribution in [0.5, 0.6) is 0 Å². The predicted molar refractivity (Wildman–Crippen MR) is 58.8 cm³/mol. The van der Waals surface area contributed by atoms with Crippen LogP contribution in [0.25, 0.3) is 0 Å². The molecule has 0 aromatic rings. The van der Waals surface area contributed by atoms with Gasteiger partial charge in [0, 0.05) is 25.5 Å². The van der Waals surface area contributed by atoms with Gasteiger partial charge in [-0.25, -0.2) is 0 Å². The zero-order valence-electron chi connectivity index (χ0n) is 9.53. The Balaban J connectivity index is 2.37. The molecule has 2 atom stereocenters. The normalized spacial score (nSPS) is 23.7. The van der Waals surface area contributed by atoms with Crippen LogP contribution in [-0.4, -0.2) is 23.6 Å². The van der Waals surface area contributed by atoms with Gasteiger partial charge in [0.05, 0.1) is 11.9 Å². The number of aliphatic hydroxyl groups is 1. The van der Waals surface area contributed by atoms with Crippen molar-refractivity contribution < 1.29 is 14.6 Å². The molecular weight excluding hydrogens is 192 g/mol. The van der Waals surface area contributed by atoms with E-state index in [1.165, 1.54) is 6.08 Å². The second-order valence-corrected chi connectivity index (χ2v) is 4.20. The number of hydrogen-bond donors (Lipinski definition) is 1. The Morgan fingerprint density at radius 1 is 1.60 bits per heavy atom. The molecule has 0 heterocycles. The molecule has 1 aliphatic carbocycles. The number of allylic oxidation sites excluding steroid dienone is 2. The molecule has 3 heteroatoms. The molecular formula is C12H20O3. The van der Waals surface area contributed by atoms with Crippen LogP contribution in [0.3, 0.4) is 0 Å². The predicted octanol–water partition coefficient (Wildman–Crippen LogP) is 2.61. The van der Waals surface area contributed by atoms with Crippen LogP contribution in [0.4, 0.5) is 0 Å². The SMILES string of the molecule is CCCCOC(C)C1CC(=O)C=C(O)C1. The van der Waals surface area contributed by atoms with Crippen molar-refractivity contribution in [3.8, 4) is 0 Å². The maximum absolute atomic E-state index is 11.2. The monoisotopic (exact) mass is 212 g/mol. The molecule has 0 aromatic carbocycles. The summed E-state index contributed by atoms with van der Waals surface area (Å²) in [5.41, 5.74) is 0. The van der Waals surface area contributed by atoms with Crippen LogP contribution < -0.4 is 0 Å². The molecule has 0 saturated heterocycles. The van der Waals surface area contributed by atoms with Gasteiger partial charge in [0.15, 0.2) is 5.78 Å². The van der Waals surface area contributed by atoms with Crippen LogP contribution in [0.1, 0.15) is 39.5 Å². The van der Waals surface area contributed by atoms with Crippen molar-refractivity contribution >= 4 is 5.78 Å². The first-order chi connectivity index (χ1) is 7.13. The van der Waals surface area contributed by atoms with Crippen LogP contribution in [0.2, 0.25) is 0 Å². The van der Waals surface area contributed by atoms with Gasteiger partial charge in [-0.2, -0.15) is 0 Å². The summed E-state index contributed by atoms with van der Waals surface area (Å²) in [7, 11) is 0. The number of aliphatic hydroxyl groups excluding tert-OH is 1. The molecule has 0 aliphatic heterocycles. The molecule has 0 amide bonds. The Bertz CT molecular complexity index is 245. The topological polar surface area (TPSA) is 46.5 Å². The van der Waals surface area contributed by atoms with Gasteiger partial charge < -0.3 is 9.84 Å². The van der Waals surface area contributed by atoms with Crippen LogP contribution in [0.15, 0.2) is 11.8 Å². The third kappa shape index (κ3) is 4.04. The van der Waals surface area contributed by atoms with Crippen LogP contribution in [0, 0.1) is 5.92 Å². The van der Waals surface area contributed by atoms with E-state index in [1.54, 1.807) is 0 Å². The number of carbonyl (C=O) groups is 1. The number of ketones is 1. The summed E-state index contributed by atoms with van der Waals surface area (Å²) >= 11 is 0. The Labute approximate surface area is 91.1 Å². The molecule has 0 radical (unpaired) electrons. The molecule has 0 aromatic heterocycles. The fourth-order valence-electron chi connectivity index (χ4n) is 1.78. The van der Waals surface area contributed by atoms with Gasteiger partial charge in [-0.3, -0.25) is 4.79 Å². The van der Waals surface area contributed by atoms with Crippen molar-refractivity contribution in [2.45, 2.75) is 45.6 Å². The Hall–Kier alpha value is -0.830. The molecule has 0 fully saturated rings. The van der Waals surface area contributed by atoms with Crippen molar-refractivity contribution in [1.82, 2.24) is 0 Å². The highest BCUT2D eigenvalue weighted by atomic mass is 16.5. The van der Waals surface area contributed by atoms with Crippen molar-refractivity contribution in [1.29, 1.82) is 0 Å². The lowest BCUT2D eigenvalue weighted by molar-refractivity contribution is -0.117. The van der Waals surface area contributed by atoms with Gasteiger partial charge in [0.25, 0.3) is 0 Å². The average molecular weight is 212 g/mol. The third-order valence-corrected chi connectivity index (χ3v) is 2.80. The molecule has 0 bridgehead atoms. The first-order valence-electron chi connectivity index (χ1n) is 5.67. The highest BCUT2D eigenvalue weighted by Crippen LogP contribution is 2.25. The summed E-state index contributed by atoms with van der Waals surface area (Å²) in [5.74, 6) is 0.344. The second kappa shape index (κ2) is 5.91. The van der Waals surface area contributed by atoms with Crippen molar-refractivity contribution in [3.63, 3.8) is 0 Å². The molecule has 15 heavy (non-hydrogen) atoms. The molecule has 1 N–H and O–H groups in total. The van der Waals surface area contributed by atoms with E-state index >= 15 is 0 Å². The summed E-state index contributed by atoms with van der Waals surface area (Å²) in [5, 5.41) is 9.36. The number of unbranched alkanes of at least 4 members (excludes halogenated alkanes) is 1. The smallest absolute Gasteiger partial charge is 0.159 e. The van der Waals surface area contributed by atoms with E-state index in [4.69, 9.17) is 4.74 Å². The van der Waals surface area contributed by atoms with Crippen LogP contribution in [-0.2, 0) is 9.53 Å². The summed E-state index contributed by atoms with van der Waals surface area (Å²) in [6.07, 6.45) is 4.61. The summed E-state index contributed by atoms with van der Waals surface area (Å²) in [6, 6.07) is 0. The zero-order chi connectivity index (χ0) is 11.3. The van der Waals surface area contributed by atoms with Gasteiger partial charge in [-0.05, 0) is 19.3 Å². The highest BCUT2D eigenvalue weighted by Gasteiger charge is 2.25. The largest absolute Gasteiger partial charge is 0.512 e. The molecule has 0 spiro atoms. The molecule has 3 nitrogen and oxygen atoms in total. The summed E-state index contributed by atoms with van der Waals surface area (Å²) < 4.78 is 5.63. The third-order valence-electron chi connectivity index (χ3n) is 2.80. The lowest BCUT2D eigenvalue weighted by Gasteiger charge is -2.25. The lowest BCUT2D eigenvalue weighted by Crippen LogP contribution is -2.26. The van der Waals surface area contributed by atoms with Gasteiger partial charge in [-0.15, -0.1) is 0 Å². The minimum Gasteiger partial charge on any atom is -0.512 e. The standard InChI is InChI=1S/C12H20O3/c1-3-4-5-15-9(2)10-6-11(13)8-12(14)7-10/h8-10,13H,3-7H2,1-2H3. The highest BCUT2D eigenvalue weighted by molar-refractivity contribution is 5.91. The van der Waals surface area contributed by atoms with E-state index in [-0.39, 0.29) is 23.6 Å². The summed E-state index contributed by atoms with van der Waals surface area (Å²) in [6.45, 7) is 4.84. The number of carbonyl (C=O) groups excluding carboxylic acids is 1. The molecule has 1 rings (SSSR count). The fourth-order valence-corrected chi connectivity index (χ4v) is 1.78. The van der Waals surface area contributed by atoms with Crippen molar-refractivity contribution in [2.24, 2.45) is 5.92 Å². The van der Waals surface area contributed by atoms with Gasteiger partial charge in [-0.1, -0.05) is 13.3 Å². The second-order valence-electron chi connectivity index (χ2n) is 4.20. The zero-order valence-corrected chi connectivity index (χ0v) is 9.53. The first-order valence-corrected chi connectivity index (χ1v) is 5.67. The Morgan fingerprint density at radius 3 is 2.93 bits per heavy atom. The lowest BCUT2D eigenvalue weighted by atomic mass is 9.88. The van der Waals surface area contributed by atoms with Crippen molar-refractivity contribution in [3.05, 3.63) is 11.8 Å². The maximum atomic E-state index is 11.2. The summed E-state index contributed by atoms with van der Waals surface area (Å²) in [4.78, 5) is 11.2. The van der Waals surface area contributed by atoms with E-state index in [0.717, 1.165) is 19.4 Å². The fraction of sp³-hybridized carbons (Fsp3) is 0.750. The first kappa shape index (κ1) is 12.2. The minimum absolute atomic E-state index is 0.00897. The molecule has 86 valence electrons. The maximum Gasteiger partial charge on any atom is 0.159 e. The number of rotatable bonds is 5. The van der Waals surface area contributed by atoms with E-state index in [2.05, 4.69) is 6.92 Å². The quantitative estimate of drug-likeness (QED) is 0.712. The Kier molecular flexibility index (Phi) is 4.82. The number of hydrogen-bond acceptors (Lipinski definition) is 3. The van der Waals surface area contributed by atoms with E-state index in [1.807, 2.05) is 6.92 Å². The van der Waals surface area contributed by atoms with E-state index in [9.17, 15) is 9.90 Å². The number of ether oxygens (including phenoxy) is 1. The Morgan fingerprint density at radius 2 is 2.33 bits per heavy atom. The van der Waals surface area contributed by atoms with E-state index < -0.39 is 0 Å². The van der Waals surface area contributed by atoms with Gasteiger partial charge in [0.1, 0.15) is 0 Å². The van der Waals surface area contributed by atoms with Crippen LogP contribution >= 0.6 is 0 Å². The van der Waals surface area contributed by atoms with Crippen molar-refractivity contribution in [2.75, 3.05) is 6.61 Å². The molecule has 0 saturated carbocycles. The average Bonchev–Trinajstić information content (AvgIpc) is 2.16. The molecule has 1 aliphatic rings. The molecule has 2 unspecified atom stereocenters. The minimum atomic E-state index is 0.00897.